The van der Waals surface area contributed by atoms with Gasteiger partial charge in [-0.2, -0.15) is 13.2 Å². The van der Waals surface area contributed by atoms with E-state index < -0.39 is 24.0 Å². The molecule has 0 radical (unpaired) electrons. The zero-order valence-corrected chi connectivity index (χ0v) is 8.09. The molecule has 0 unspecified atom stereocenters. The standard InChI is InChI=1S/C7H11ClF3NO/c1-6(2,4-8)12-5(13)3-7(9,10)11/h3-4H2,1-2H3,(H,12,13). The molecule has 0 aromatic heterocycles. The van der Waals surface area contributed by atoms with Gasteiger partial charge in [0.2, 0.25) is 5.91 Å². The minimum Gasteiger partial charge on any atom is -0.350 e. The highest BCUT2D eigenvalue weighted by atomic mass is 35.5. The maximum Gasteiger partial charge on any atom is 0.397 e. The van der Waals surface area contributed by atoms with Gasteiger partial charge in [-0.1, -0.05) is 0 Å². The first-order valence-corrected chi connectivity index (χ1v) is 4.13. The molecule has 0 fully saturated rings. The molecule has 13 heavy (non-hydrogen) atoms. The molecule has 0 spiro atoms. The zero-order valence-electron chi connectivity index (χ0n) is 7.33. The fraction of sp³-hybridized carbons (Fsp3) is 0.857. The van der Waals surface area contributed by atoms with E-state index in [4.69, 9.17) is 11.6 Å². The van der Waals surface area contributed by atoms with Gasteiger partial charge in [0.25, 0.3) is 0 Å². The quantitative estimate of drug-likeness (QED) is 0.721. The summed E-state index contributed by atoms with van der Waals surface area (Å²) < 4.78 is 35.1. The number of carbonyl (C=O) groups excluding carboxylic acids is 1. The molecule has 0 bridgehead atoms. The normalized spacial score (nSPS) is 12.8. The smallest absolute Gasteiger partial charge is 0.350 e. The lowest BCUT2D eigenvalue weighted by molar-refractivity contribution is -0.154. The highest BCUT2D eigenvalue weighted by molar-refractivity contribution is 6.18. The van der Waals surface area contributed by atoms with Crippen LogP contribution < -0.4 is 5.32 Å². The third-order valence-electron chi connectivity index (χ3n) is 1.17. The Bertz CT molecular complexity index is 191. The van der Waals surface area contributed by atoms with Gasteiger partial charge in [-0.05, 0) is 13.8 Å². The van der Waals surface area contributed by atoms with Crippen molar-refractivity contribution in [1.82, 2.24) is 5.32 Å². The Morgan fingerprint density at radius 2 is 1.85 bits per heavy atom. The van der Waals surface area contributed by atoms with Crippen molar-refractivity contribution in [3.05, 3.63) is 0 Å². The largest absolute Gasteiger partial charge is 0.397 e. The topological polar surface area (TPSA) is 29.1 Å². The van der Waals surface area contributed by atoms with E-state index in [1.54, 1.807) is 13.8 Å². The molecule has 1 N–H and O–H groups in total. The van der Waals surface area contributed by atoms with Crippen LogP contribution in [0.3, 0.4) is 0 Å². The van der Waals surface area contributed by atoms with Gasteiger partial charge in [0.15, 0.2) is 0 Å². The van der Waals surface area contributed by atoms with Crippen molar-refractivity contribution in [2.75, 3.05) is 5.88 Å². The van der Waals surface area contributed by atoms with Gasteiger partial charge < -0.3 is 5.32 Å². The summed E-state index contributed by atoms with van der Waals surface area (Å²) in [6.07, 6.45) is -5.93. The van der Waals surface area contributed by atoms with Gasteiger partial charge in [0.1, 0.15) is 6.42 Å². The summed E-state index contributed by atoms with van der Waals surface area (Å²) in [5.74, 6) is -0.991. The molecule has 0 aliphatic rings. The van der Waals surface area contributed by atoms with Crippen LogP contribution in [0, 0.1) is 0 Å². The van der Waals surface area contributed by atoms with E-state index in [0.717, 1.165) is 0 Å². The number of halogens is 4. The Morgan fingerprint density at radius 3 is 2.15 bits per heavy atom. The summed E-state index contributed by atoms with van der Waals surface area (Å²) in [7, 11) is 0. The second-order valence-corrected chi connectivity index (χ2v) is 3.62. The molecule has 0 rings (SSSR count). The second-order valence-electron chi connectivity index (χ2n) is 3.36. The average molecular weight is 218 g/mol. The third kappa shape index (κ3) is 6.69. The molecule has 0 saturated heterocycles. The van der Waals surface area contributed by atoms with E-state index >= 15 is 0 Å². The fourth-order valence-corrected chi connectivity index (χ4v) is 0.704. The molecule has 1 amide bonds. The Morgan fingerprint density at radius 1 is 1.38 bits per heavy atom. The molecule has 0 aliphatic heterocycles. The van der Waals surface area contributed by atoms with E-state index in [1.807, 2.05) is 0 Å². The Hall–Kier alpha value is -0.450. The van der Waals surface area contributed by atoms with Gasteiger partial charge in [0.05, 0.1) is 0 Å². The molecule has 0 atom stereocenters. The van der Waals surface area contributed by atoms with Crippen LogP contribution in [0.5, 0.6) is 0 Å². The lowest BCUT2D eigenvalue weighted by Crippen LogP contribution is -2.46. The first-order valence-electron chi connectivity index (χ1n) is 3.60. The summed E-state index contributed by atoms with van der Waals surface area (Å²) in [5.41, 5.74) is -0.802. The van der Waals surface area contributed by atoms with E-state index in [0.29, 0.717) is 0 Å². The van der Waals surface area contributed by atoms with E-state index in [2.05, 4.69) is 5.32 Å². The lowest BCUT2D eigenvalue weighted by atomic mass is 10.1. The molecule has 6 heteroatoms. The lowest BCUT2D eigenvalue weighted by Gasteiger charge is -2.23. The maximum absolute atomic E-state index is 11.7. The van der Waals surface area contributed by atoms with Gasteiger partial charge in [-0.25, -0.2) is 0 Å². The van der Waals surface area contributed by atoms with Crippen LogP contribution in [-0.4, -0.2) is 23.5 Å². The summed E-state index contributed by atoms with van der Waals surface area (Å²) >= 11 is 5.41. The number of amides is 1. The van der Waals surface area contributed by atoms with Crippen LogP contribution in [-0.2, 0) is 4.79 Å². The maximum atomic E-state index is 11.7. The highest BCUT2D eigenvalue weighted by Crippen LogP contribution is 2.19. The summed E-state index contributed by atoms with van der Waals surface area (Å²) in [6, 6.07) is 0. The second kappa shape index (κ2) is 4.17. The fourth-order valence-electron chi connectivity index (χ4n) is 0.637. The van der Waals surface area contributed by atoms with Crippen molar-refractivity contribution in [2.24, 2.45) is 0 Å². The first kappa shape index (κ1) is 12.6. The molecule has 78 valence electrons. The number of carbonyl (C=O) groups is 1. The average Bonchev–Trinajstić information content (AvgIpc) is 1.81. The van der Waals surface area contributed by atoms with E-state index in [9.17, 15) is 18.0 Å². The van der Waals surface area contributed by atoms with Crippen molar-refractivity contribution in [2.45, 2.75) is 32.0 Å². The summed E-state index contributed by atoms with van der Waals surface area (Å²) in [4.78, 5) is 10.7. The van der Waals surface area contributed by atoms with Crippen LogP contribution in [0.15, 0.2) is 0 Å². The Labute approximate surface area is 79.4 Å². The Balaban J connectivity index is 4.03. The molecule has 2 nitrogen and oxygen atoms in total. The minimum atomic E-state index is -4.47. The van der Waals surface area contributed by atoms with Crippen LogP contribution >= 0.6 is 11.6 Å². The predicted octanol–water partition coefficient (Wildman–Crippen LogP) is 2.07. The van der Waals surface area contributed by atoms with Gasteiger partial charge >= 0.3 is 6.18 Å². The summed E-state index contributed by atoms with van der Waals surface area (Å²) in [6.45, 7) is 3.10. The molecule has 0 aromatic rings. The van der Waals surface area contributed by atoms with Gasteiger partial charge in [0, 0.05) is 11.4 Å². The molecule has 0 aromatic carbocycles. The zero-order chi connectivity index (χ0) is 10.7. The van der Waals surface area contributed by atoms with Crippen molar-refractivity contribution in [1.29, 1.82) is 0 Å². The number of nitrogens with one attached hydrogen (secondary N) is 1. The predicted molar refractivity (Wildman–Crippen MR) is 43.6 cm³/mol. The molecular formula is C7H11ClF3NO. The monoisotopic (exact) mass is 217 g/mol. The van der Waals surface area contributed by atoms with Crippen LogP contribution in [0.25, 0.3) is 0 Å². The number of alkyl halides is 4. The minimum absolute atomic E-state index is 0.0661. The van der Waals surface area contributed by atoms with Crippen LogP contribution in [0.2, 0.25) is 0 Å². The highest BCUT2D eigenvalue weighted by Gasteiger charge is 2.33. The number of hydrogen-bond acceptors (Lipinski definition) is 1. The van der Waals surface area contributed by atoms with Crippen molar-refractivity contribution >= 4 is 17.5 Å². The number of hydrogen-bond donors (Lipinski definition) is 1. The molecular weight excluding hydrogens is 207 g/mol. The summed E-state index contributed by atoms with van der Waals surface area (Å²) in [5, 5.41) is 2.17. The van der Waals surface area contributed by atoms with Crippen LogP contribution in [0.1, 0.15) is 20.3 Å². The van der Waals surface area contributed by atoms with Crippen molar-refractivity contribution in [3.8, 4) is 0 Å². The first-order chi connectivity index (χ1) is 5.66. The molecule has 0 heterocycles. The SMILES string of the molecule is CC(C)(CCl)NC(=O)CC(F)(F)F. The van der Waals surface area contributed by atoms with Crippen molar-refractivity contribution in [3.63, 3.8) is 0 Å². The van der Waals surface area contributed by atoms with Gasteiger partial charge in [-0.3, -0.25) is 4.79 Å². The van der Waals surface area contributed by atoms with E-state index in [-0.39, 0.29) is 5.88 Å². The van der Waals surface area contributed by atoms with Crippen molar-refractivity contribution < 1.29 is 18.0 Å². The Kier molecular flexibility index (Phi) is 4.03. The molecule has 0 saturated carbocycles. The molecule has 0 aliphatic carbocycles. The number of rotatable bonds is 3. The third-order valence-corrected chi connectivity index (χ3v) is 1.84. The van der Waals surface area contributed by atoms with Crippen LogP contribution in [0.4, 0.5) is 13.2 Å². The van der Waals surface area contributed by atoms with E-state index in [1.165, 1.54) is 0 Å². The van der Waals surface area contributed by atoms with Gasteiger partial charge in [-0.15, -0.1) is 11.6 Å².